The summed E-state index contributed by atoms with van der Waals surface area (Å²) in [7, 11) is 0. The summed E-state index contributed by atoms with van der Waals surface area (Å²) in [5.41, 5.74) is 7.50. The number of hydrogen-bond acceptors (Lipinski definition) is 3. The third-order valence-electron chi connectivity index (χ3n) is 3.97. The van der Waals surface area contributed by atoms with E-state index in [0.29, 0.717) is 21.9 Å². The Kier molecular flexibility index (Phi) is 4.84. The Morgan fingerprint density at radius 1 is 1.22 bits per heavy atom. The molecule has 1 aliphatic rings. The lowest BCUT2D eigenvalue weighted by Gasteiger charge is -2.26. The van der Waals surface area contributed by atoms with E-state index in [1.807, 2.05) is 30.3 Å². The molecule has 2 aromatic rings. The summed E-state index contributed by atoms with van der Waals surface area (Å²) in [4.78, 5) is 11.9. The number of rotatable bonds is 4. The first-order valence-electron chi connectivity index (χ1n) is 7.72. The predicted octanol–water partition coefficient (Wildman–Crippen LogP) is 3.24. The Bertz CT molecular complexity index is 698. The number of nitrogens with two attached hydrogens (primary N) is 1. The molecule has 120 valence electrons. The number of benzene rings is 2. The molecule has 1 unspecified atom stereocenters. The van der Waals surface area contributed by atoms with Gasteiger partial charge < -0.3 is 15.8 Å². The highest BCUT2D eigenvalue weighted by atomic mass is 35.5. The number of carbonyl (C=O) groups is 1. The highest BCUT2D eigenvalue weighted by Gasteiger charge is 2.22. The molecule has 0 radical (unpaired) electrons. The van der Waals surface area contributed by atoms with Crippen LogP contribution in [-0.2, 0) is 0 Å². The molecular weight excluding hydrogens is 312 g/mol. The number of halogens is 1. The first kappa shape index (κ1) is 15.8. The Labute approximate surface area is 140 Å². The van der Waals surface area contributed by atoms with Crippen LogP contribution < -0.4 is 15.8 Å². The summed E-state index contributed by atoms with van der Waals surface area (Å²) in [6.07, 6.45) is 2.04. The van der Waals surface area contributed by atoms with E-state index in [4.69, 9.17) is 22.1 Å². The van der Waals surface area contributed by atoms with Crippen molar-refractivity contribution < 1.29 is 9.53 Å². The smallest absolute Gasteiger partial charge is 0.249 e. The van der Waals surface area contributed by atoms with Gasteiger partial charge in [0.15, 0.2) is 0 Å². The Morgan fingerprint density at radius 3 is 2.65 bits per heavy atom. The number of piperidine rings is 1. The monoisotopic (exact) mass is 330 g/mol. The van der Waals surface area contributed by atoms with Gasteiger partial charge in [-0.2, -0.15) is 0 Å². The summed E-state index contributed by atoms with van der Waals surface area (Å²) < 4.78 is 6.16. The highest BCUT2D eigenvalue weighted by molar-refractivity contribution is 6.33. The summed E-state index contributed by atoms with van der Waals surface area (Å²) in [5, 5.41) is 3.80. The highest BCUT2D eigenvalue weighted by Crippen LogP contribution is 2.40. The summed E-state index contributed by atoms with van der Waals surface area (Å²) in [6, 6.07) is 12.9. The van der Waals surface area contributed by atoms with Crippen LogP contribution >= 0.6 is 11.6 Å². The maximum atomic E-state index is 11.9. The van der Waals surface area contributed by atoms with Crippen molar-refractivity contribution in [1.29, 1.82) is 0 Å². The molecule has 0 aromatic heterocycles. The average Bonchev–Trinajstić information content (AvgIpc) is 2.58. The Morgan fingerprint density at radius 2 is 2.00 bits per heavy atom. The largest absolute Gasteiger partial charge is 0.487 e. The lowest BCUT2D eigenvalue weighted by atomic mass is 9.97. The zero-order valence-corrected chi connectivity index (χ0v) is 13.5. The van der Waals surface area contributed by atoms with Crippen LogP contribution in [0.1, 0.15) is 23.2 Å². The van der Waals surface area contributed by atoms with Crippen molar-refractivity contribution in [2.75, 3.05) is 13.1 Å². The van der Waals surface area contributed by atoms with Crippen LogP contribution in [0.25, 0.3) is 11.1 Å². The van der Waals surface area contributed by atoms with Crippen molar-refractivity contribution in [2.45, 2.75) is 18.9 Å². The number of amides is 1. The third kappa shape index (κ3) is 3.49. The maximum absolute atomic E-state index is 11.9. The molecule has 5 heteroatoms. The lowest BCUT2D eigenvalue weighted by molar-refractivity contribution is 0.1000. The molecule has 0 bridgehead atoms. The van der Waals surface area contributed by atoms with Crippen LogP contribution in [0.5, 0.6) is 5.75 Å². The fraction of sp³-hybridized carbons (Fsp3) is 0.278. The maximum Gasteiger partial charge on any atom is 0.249 e. The second-order valence-corrected chi connectivity index (χ2v) is 6.02. The van der Waals surface area contributed by atoms with Gasteiger partial charge in [-0.3, -0.25) is 4.79 Å². The van der Waals surface area contributed by atoms with Gasteiger partial charge in [0, 0.05) is 12.1 Å². The molecule has 1 saturated heterocycles. The van der Waals surface area contributed by atoms with Crippen LogP contribution in [0, 0.1) is 0 Å². The number of ether oxygens (including phenoxy) is 1. The SMILES string of the molecule is NC(=O)c1ccc(Cl)c(OC2CCCNC2)c1-c1ccccc1. The van der Waals surface area contributed by atoms with Gasteiger partial charge in [0.2, 0.25) is 5.91 Å². The Balaban J connectivity index is 2.09. The standard InChI is InChI=1S/C18H19ClN2O2/c19-15-9-8-14(18(20)22)16(12-5-2-1-3-6-12)17(15)23-13-7-4-10-21-11-13/h1-3,5-6,8-9,13,21H,4,7,10-11H2,(H2,20,22). The van der Waals surface area contributed by atoms with Gasteiger partial charge in [-0.25, -0.2) is 0 Å². The lowest BCUT2D eigenvalue weighted by Crippen LogP contribution is -2.37. The van der Waals surface area contributed by atoms with Gasteiger partial charge in [0.1, 0.15) is 11.9 Å². The van der Waals surface area contributed by atoms with Crippen LogP contribution in [0.15, 0.2) is 42.5 Å². The molecule has 0 aliphatic carbocycles. The zero-order valence-electron chi connectivity index (χ0n) is 12.7. The van der Waals surface area contributed by atoms with E-state index in [2.05, 4.69) is 5.32 Å². The number of hydrogen-bond donors (Lipinski definition) is 2. The second kappa shape index (κ2) is 7.02. The first-order valence-corrected chi connectivity index (χ1v) is 8.09. The normalized spacial score (nSPS) is 17.7. The van der Waals surface area contributed by atoms with E-state index in [1.54, 1.807) is 12.1 Å². The van der Waals surface area contributed by atoms with E-state index in [9.17, 15) is 4.79 Å². The molecule has 4 nitrogen and oxygen atoms in total. The predicted molar refractivity (Wildman–Crippen MR) is 91.9 cm³/mol. The fourth-order valence-electron chi connectivity index (χ4n) is 2.86. The van der Waals surface area contributed by atoms with Crippen molar-refractivity contribution in [3.05, 3.63) is 53.1 Å². The van der Waals surface area contributed by atoms with Crippen LogP contribution in [-0.4, -0.2) is 25.1 Å². The summed E-state index contributed by atoms with van der Waals surface area (Å²) in [6.45, 7) is 1.77. The number of primary amides is 1. The topological polar surface area (TPSA) is 64.4 Å². The molecule has 3 N–H and O–H groups in total. The van der Waals surface area contributed by atoms with Crippen molar-refractivity contribution in [3.63, 3.8) is 0 Å². The molecule has 1 heterocycles. The molecule has 23 heavy (non-hydrogen) atoms. The minimum absolute atomic E-state index is 0.0341. The first-order chi connectivity index (χ1) is 11.2. The van der Waals surface area contributed by atoms with Crippen LogP contribution in [0.3, 0.4) is 0 Å². The van der Waals surface area contributed by atoms with Crippen LogP contribution in [0.4, 0.5) is 0 Å². The van der Waals surface area contributed by atoms with Gasteiger partial charge in [-0.15, -0.1) is 0 Å². The molecule has 1 atom stereocenters. The molecular formula is C18H19ClN2O2. The molecule has 2 aromatic carbocycles. The van der Waals surface area contributed by atoms with E-state index < -0.39 is 5.91 Å². The number of carbonyl (C=O) groups excluding carboxylic acids is 1. The molecule has 3 rings (SSSR count). The molecule has 0 spiro atoms. The van der Waals surface area contributed by atoms with E-state index in [0.717, 1.165) is 31.5 Å². The Hall–Kier alpha value is -2.04. The van der Waals surface area contributed by atoms with Gasteiger partial charge in [0.05, 0.1) is 10.6 Å². The molecule has 1 amide bonds. The summed E-state index contributed by atoms with van der Waals surface area (Å²) in [5.74, 6) is 0.0370. The number of nitrogens with one attached hydrogen (secondary N) is 1. The van der Waals surface area contributed by atoms with Gasteiger partial charge >= 0.3 is 0 Å². The van der Waals surface area contributed by atoms with E-state index in [1.165, 1.54) is 0 Å². The summed E-state index contributed by atoms with van der Waals surface area (Å²) >= 11 is 6.38. The van der Waals surface area contributed by atoms with E-state index in [-0.39, 0.29) is 6.10 Å². The van der Waals surface area contributed by atoms with Crippen molar-refractivity contribution in [3.8, 4) is 16.9 Å². The quantitative estimate of drug-likeness (QED) is 0.904. The fourth-order valence-corrected chi connectivity index (χ4v) is 3.06. The molecule has 1 aliphatic heterocycles. The molecule has 0 saturated carbocycles. The van der Waals surface area contributed by atoms with Gasteiger partial charge in [0.25, 0.3) is 0 Å². The van der Waals surface area contributed by atoms with Gasteiger partial charge in [-0.05, 0) is 37.1 Å². The van der Waals surface area contributed by atoms with Gasteiger partial charge in [-0.1, -0.05) is 41.9 Å². The van der Waals surface area contributed by atoms with Crippen molar-refractivity contribution in [2.24, 2.45) is 5.73 Å². The third-order valence-corrected chi connectivity index (χ3v) is 4.27. The van der Waals surface area contributed by atoms with Crippen LogP contribution in [0.2, 0.25) is 5.02 Å². The minimum Gasteiger partial charge on any atom is -0.487 e. The zero-order chi connectivity index (χ0) is 16.2. The van der Waals surface area contributed by atoms with Crippen molar-refractivity contribution in [1.82, 2.24) is 5.32 Å². The second-order valence-electron chi connectivity index (χ2n) is 5.62. The minimum atomic E-state index is -0.493. The average molecular weight is 331 g/mol. The molecule has 1 fully saturated rings. The van der Waals surface area contributed by atoms with Crippen molar-refractivity contribution >= 4 is 17.5 Å². The van der Waals surface area contributed by atoms with E-state index >= 15 is 0 Å².